The Balaban J connectivity index is 2.13. The first kappa shape index (κ1) is 19.8. The van der Waals surface area contributed by atoms with Crippen molar-refractivity contribution in [3.63, 3.8) is 0 Å². The Bertz CT molecular complexity index is 687. The Morgan fingerprint density at radius 3 is 2.48 bits per heavy atom. The molecule has 1 unspecified atom stereocenters. The molecule has 0 saturated carbocycles. The van der Waals surface area contributed by atoms with Crippen molar-refractivity contribution in [1.82, 2.24) is 10.0 Å². The molecule has 1 aromatic carbocycles. The van der Waals surface area contributed by atoms with Crippen molar-refractivity contribution in [1.29, 1.82) is 0 Å². The van der Waals surface area contributed by atoms with E-state index in [0.29, 0.717) is 19.4 Å². The molecular weight excluding hydrogens is 344 g/mol. The van der Waals surface area contributed by atoms with E-state index in [1.54, 1.807) is 12.1 Å². The number of rotatable bonds is 7. The molecule has 0 aliphatic carbocycles. The first-order valence-corrected chi connectivity index (χ1v) is 9.86. The number of amides is 1. The predicted octanol–water partition coefficient (Wildman–Crippen LogP) is 0.912. The number of carbonyl (C=O) groups excluding carboxylic acids is 1. The topological polar surface area (TPSA) is 105 Å². The molecule has 1 saturated heterocycles. The molecule has 1 heterocycles. The van der Waals surface area contributed by atoms with Gasteiger partial charge in [0.2, 0.25) is 15.9 Å². The first-order valence-electron chi connectivity index (χ1n) is 8.38. The zero-order valence-corrected chi connectivity index (χ0v) is 15.5. The maximum atomic E-state index is 12.6. The van der Waals surface area contributed by atoms with E-state index in [1.807, 2.05) is 20.8 Å². The van der Waals surface area contributed by atoms with Gasteiger partial charge in [0, 0.05) is 0 Å². The molecule has 0 bridgehead atoms. The van der Waals surface area contributed by atoms with Gasteiger partial charge in [0.1, 0.15) is 6.04 Å². The van der Waals surface area contributed by atoms with Crippen LogP contribution in [-0.2, 0) is 19.6 Å². The number of sulfonamides is 1. The molecule has 3 N–H and O–H groups in total. The highest BCUT2D eigenvalue weighted by Gasteiger charge is 2.32. The van der Waals surface area contributed by atoms with Crippen LogP contribution in [-0.4, -0.2) is 44.4 Å². The molecule has 0 radical (unpaired) electrons. The van der Waals surface area contributed by atoms with Crippen LogP contribution in [0.5, 0.6) is 0 Å². The lowest BCUT2D eigenvalue weighted by molar-refractivity contribution is -0.127. The largest absolute Gasteiger partial charge is 0.366 e. The predicted molar refractivity (Wildman–Crippen MR) is 93.3 cm³/mol. The molecule has 0 aromatic heterocycles. The number of hydrogen-bond donors (Lipinski definition) is 3. The monoisotopic (exact) mass is 370 g/mol. The van der Waals surface area contributed by atoms with Gasteiger partial charge in [0.25, 0.3) is 0 Å². The third-order valence-corrected chi connectivity index (χ3v) is 5.53. The summed E-state index contributed by atoms with van der Waals surface area (Å²) < 4.78 is 32.6. The second-order valence-electron chi connectivity index (χ2n) is 6.78. The number of benzene rings is 1. The van der Waals surface area contributed by atoms with Gasteiger partial charge in [0.05, 0.1) is 17.5 Å². The summed E-state index contributed by atoms with van der Waals surface area (Å²) in [5.41, 5.74) is 0.950. The Hall–Kier alpha value is -1.48. The van der Waals surface area contributed by atoms with E-state index in [4.69, 9.17) is 4.74 Å². The van der Waals surface area contributed by atoms with Gasteiger partial charge in [-0.15, -0.1) is 0 Å². The fraction of sp³-hybridized carbons (Fsp3) is 0.588. The number of hydrogen-bond acceptors (Lipinski definition) is 5. The number of aliphatic hydroxyl groups is 1. The number of aliphatic hydroxyl groups excluding tert-OH is 1. The molecule has 1 aliphatic rings. The number of nitrogens with one attached hydrogen (secondary N) is 2. The van der Waals surface area contributed by atoms with Crippen LogP contribution in [0, 0.1) is 12.8 Å². The highest BCUT2D eigenvalue weighted by molar-refractivity contribution is 7.89. The summed E-state index contributed by atoms with van der Waals surface area (Å²) in [5.74, 6) is -0.347. The lowest BCUT2D eigenvalue weighted by atomic mass is 10.0. The van der Waals surface area contributed by atoms with Crippen LogP contribution < -0.4 is 10.0 Å². The van der Waals surface area contributed by atoms with Gasteiger partial charge in [-0.1, -0.05) is 31.5 Å². The smallest absolute Gasteiger partial charge is 0.241 e. The van der Waals surface area contributed by atoms with Crippen LogP contribution in [0.4, 0.5) is 0 Å². The summed E-state index contributed by atoms with van der Waals surface area (Å²) >= 11 is 0. The summed E-state index contributed by atoms with van der Waals surface area (Å²) in [6, 6.07) is 4.99. The summed E-state index contributed by atoms with van der Waals surface area (Å²) in [6.07, 6.45) is -0.218. The lowest BCUT2D eigenvalue weighted by Gasteiger charge is -2.23. The number of carbonyl (C=O) groups is 1. The summed E-state index contributed by atoms with van der Waals surface area (Å²) in [7, 11) is -3.82. The van der Waals surface area contributed by atoms with Gasteiger partial charge in [-0.2, -0.15) is 4.72 Å². The van der Waals surface area contributed by atoms with Gasteiger partial charge >= 0.3 is 0 Å². The van der Waals surface area contributed by atoms with Crippen LogP contribution in [0.2, 0.25) is 0 Å². The fourth-order valence-electron chi connectivity index (χ4n) is 2.65. The Morgan fingerprint density at radius 2 is 1.96 bits per heavy atom. The highest BCUT2D eigenvalue weighted by Crippen LogP contribution is 2.15. The lowest BCUT2D eigenvalue weighted by Crippen LogP contribution is -2.51. The van der Waals surface area contributed by atoms with E-state index in [1.165, 1.54) is 12.1 Å². The molecule has 3 atom stereocenters. The van der Waals surface area contributed by atoms with Gasteiger partial charge in [-0.3, -0.25) is 4.79 Å². The molecule has 1 fully saturated rings. The molecule has 1 aliphatic heterocycles. The van der Waals surface area contributed by atoms with Crippen molar-refractivity contribution in [3.05, 3.63) is 29.8 Å². The average molecular weight is 370 g/mol. The molecule has 1 aromatic rings. The maximum Gasteiger partial charge on any atom is 0.241 e. The minimum atomic E-state index is -3.82. The third-order valence-electron chi connectivity index (χ3n) is 4.04. The normalized spacial score (nSPS) is 22.1. The molecule has 7 nitrogen and oxygen atoms in total. The minimum absolute atomic E-state index is 0.112. The van der Waals surface area contributed by atoms with Crippen molar-refractivity contribution in [2.45, 2.75) is 56.9 Å². The third kappa shape index (κ3) is 5.50. The molecular formula is C17H26N2O5S. The first-order chi connectivity index (χ1) is 11.7. The fourth-order valence-corrected chi connectivity index (χ4v) is 3.86. The van der Waals surface area contributed by atoms with Gasteiger partial charge in [-0.25, -0.2) is 8.42 Å². The molecule has 25 heavy (non-hydrogen) atoms. The summed E-state index contributed by atoms with van der Waals surface area (Å²) in [6.45, 7) is 6.05. The van der Waals surface area contributed by atoms with E-state index in [-0.39, 0.29) is 10.8 Å². The molecule has 1 amide bonds. The Morgan fingerprint density at radius 1 is 1.32 bits per heavy atom. The van der Waals surface area contributed by atoms with E-state index >= 15 is 0 Å². The molecule has 8 heteroatoms. The van der Waals surface area contributed by atoms with Crippen molar-refractivity contribution in [2.24, 2.45) is 5.92 Å². The van der Waals surface area contributed by atoms with Crippen LogP contribution in [0.1, 0.15) is 32.3 Å². The van der Waals surface area contributed by atoms with Crippen LogP contribution >= 0.6 is 0 Å². The molecule has 0 spiro atoms. The summed E-state index contributed by atoms with van der Waals surface area (Å²) in [5, 5.41) is 12.3. The van der Waals surface area contributed by atoms with Crippen LogP contribution in [0.3, 0.4) is 0 Å². The Kier molecular flexibility index (Phi) is 6.56. The Labute approximate surface area is 148 Å². The SMILES string of the molecule is Cc1ccc(S(=O)(=O)N[C@@H](CC(C)C)C(=O)N[C@H]2CCOC2O)cc1. The molecule has 140 valence electrons. The van der Waals surface area contributed by atoms with E-state index in [0.717, 1.165) is 5.56 Å². The van der Waals surface area contributed by atoms with Crippen molar-refractivity contribution in [2.75, 3.05) is 6.61 Å². The number of ether oxygens (including phenoxy) is 1. The quantitative estimate of drug-likeness (QED) is 0.662. The average Bonchev–Trinajstić information content (AvgIpc) is 2.91. The summed E-state index contributed by atoms with van der Waals surface area (Å²) in [4.78, 5) is 12.7. The molecule has 2 rings (SSSR count). The second-order valence-corrected chi connectivity index (χ2v) is 8.50. The van der Waals surface area contributed by atoms with Crippen molar-refractivity contribution < 1.29 is 23.1 Å². The van der Waals surface area contributed by atoms with Gasteiger partial charge < -0.3 is 15.2 Å². The van der Waals surface area contributed by atoms with Gasteiger partial charge in [-0.05, 0) is 37.8 Å². The van der Waals surface area contributed by atoms with Crippen molar-refractivity contribution >= 4 is 15.9 Å². The van der Waals surface area contributed by atoms with E-state index in [2.05, 4.69) is 10.0 Å². The second kappa shape index (κ2) is 8.27. The zero-order chi connectivity index (χ0) is 18.6. The van der Waals surface area contributed by atoms with E-state index < -0.39 is 34.3 Å². The zero-order valence-electron chi connectivity index (χ0n) is 14.7. The number of aryl methyl sites for hydroxylation is 1. The van der Waals surface area contributed by atoms with E-state index in [9.17, 15) is 18.3 Å². The highest BCUT2D eigenvalue weighted by atomic mass is 32.2. The standard InChI is InChI=1S/C17H26N2O5S/c1-11(2)10-15(16(20)18-14-8-9-24-17(14)21)19-25(22,23)13-6-4-12(3)5-7-13/h4-7,11,14-15,17,19,21H,8-10H2,1-3H3,(H,18,20)/t14-,15-,17?/m0/s1. The van der Waals surface area contributed by atoms with Crippen LogP contribution in [0.25, 0.3) is 0 Å². The van der Waals surface area contributed by atoms with Gasteiger partial charge in [0.15, 0.2) is 6.29 Å². The minimum Gasteiger partial charge on any atom is -0.366 e. The van der Waals surface area contributed by atoms with Crippen LogP contribution in [0.15, 0.2) is 29.2 Å². The van der Waals surface area contributed by atoms with Crippen molar-refractivity contribution in [3.8, 4) is 0 Å². The maximum absolute atomic E-state index is 12.6.